The van der Waals surface area contributed by atoms with Gasteiger partial charge in [0.25, 0.3) is 0 Å². The molecule has 0 bridgehead atoms. The van der Waals surface area contributed by atoms with Gasteiger partial charge in [-0.3, -0.25) is 19.2 Å². The first-order valence-corrected chi connectivity index (χ1v) is 49.7. The zero-order valence-corrected chi connectivity index (χ0v) is 81.3. The van der Waals surface area contributed by atoms with E-state index in [1.807, 2.05) is 0 Å². The second-order valence-electron chi connectivity index (χ2n) is 34.1. The molecule has 0 aliphatic carbocycles. The summed E-state index contributed by atoms with van der Waals surface area (Å²) in [5.74, 6) is -2.09. The smallest absolute Gasteiger partial charge is 0.222 e. The molecule has 13 atom stereocenters. The fourth-order valence-electron chi connectivity index (χ4n) is 14.1. The van der Waals surface area contributed by atoms with Crippen LogP contribution in [0.2, 0.25) is 0 Å². The lowest BCUT2D eigenvalue weighted by Gasteiger charge is -2.34. The van der Waals surface area contributed by atoms with Crippen molar-refractivity contribution < 1.29 is 162 Å². The average molecular weight is 1930 g/mol. The second-order valence-corrected chi connectivity index (χ2v) is 34.1. The van der Waals surface area contributed by atoms with Crippen LogP contribution in [0.15, 0.2) is 48.6 Å². The van der Waals surface area contributed by atoms with Gasteiger partial charge in [0.2, 0.25) is 23.6 Å². The number of nitrogens with one attached hydrogen (secondary N) is 4. The Bertz CT molecular complexity index is 2620. The molecule has 1 heterocycles. The normalized spacial score (nSPS) is 16.9. The number of likely N-dealkylation sites (N-methyl/N-ethyl adjacent to an activating group) is 1. The molecule has 0 aromatic rings. The molecule has 1 rings (SSSR count). The first-order chi connectivity index (χ1) is 64.9. The lowest BCUT2D eigenvalue weighted by Crippen LogP contribution is -2.58. The Hall–Kier alpha value is -4.36. The molecular formula is C96H181N5O33. The van der Waals surface area contributed by atoms with E-state index in [0.29, 0.717) is 26.0 Å². The van der Waals surface area contributed by atoms with E-state index in [2.05, 4.69) is 95.7 Å². The molecule has 1 aliphatic rings. The van der Waals surface area contributed by atoms with E-state index >= 15 is 0 Å². The predicted molar refractivity (Wildman–Crippen MR) is 504 cm³/mol. The number of rotatable bonds is 99. The van der Waals surface area contributed by atoms with Crippen LogP contribution in [0.25, 0.3) is 0 Å². The van der Waals surface area contributed by atoms with E-state index in [0.717, 1.165) is 77.2 Å². The molecule has 38 nitrogen and oxygen atoms in total. The fourth-order valence-corrected chi connectivity index (χ4v) is 14.1. The van der Waals surface area contributed by atoms with Crippen LogP contribution >= 0.6 is 0 Å². The largest absolute Gasteiger partial charge is 0.396 e. The molecule has 1 fully saturated rings. The van der Waals surface area contributed by atoms with Gasteiger partial charge in [0.1, 0.15) is 42.2 Å². The number of nitrogens with zero attached hydrogens (tertiary/aromatic N) is 1. The molecule has 788 valence electrons. The van der Waals surface area contributed by atoms with Crippen LogP contribution in [-0.2, 0) is 85.5 Å². The molecule has 38 heteroatoms. The van der Waals surface area contributed by atoms with Gasteiger partial charge in [0.15, 0.2) is 24.7 Å². The summed E-state index contributed by atoms with van der Waals surface area (Å²) in [4.78, 5) is 55.9. The van der Waals surface area contributed by atoms with E-state index in [1.54, 1.807) is 0 Å². The highest BCUT2D eigenvalue weighted by atomic mass is 16.7. The van der Waals surface area contributed by atoms with E-state index < -0.39 is 105 Å². The Morgan fingerprint density at radius 2 is 0.679 bits per heavy atom. The number of hydrogen-bond acceptors (Lipinski definition) is 34. The minimum atomic E-state index is -1.83. The molecule has 0 aromatic heterocycles. The Labute approximate surface area is 798 Å². The number of unbranched alkanes of at least 4 members (excludes halogenated alkanes) is 20. The van der Waals surface area contributed by atoms with Crippen molar-refractivity contribution >= 4 is 23.6 Å². The third-order valence-electron chi connectivity index (χ3n) is 22.1. The number of aliphatic hydroxyl groups excluding tert-OH is 15. The van der Waals surface area contributed by atoms with Gasteiger partial charge in [-0.05, 0) is 123 Å². The van der Waals surface area contributed by atoms with Crippen molar-refractivity contribution in [1.82, 2.24) is 26.2 Å². The Balaban J connectivity index is 3.18. The molecule has 0 radical (unpaired) electrons. The molecule has 0 spiro atoms. The minimum absolute atomic E-state index is 0.0167. The van der Waals surface area contributed by atoms with Gasteiger partial charge in [-0.1, -0.05) is 146 Å². The molecule has 134 heavy (non-hydrogen) atoms. The van der Waals surface area contributed by atoms with Gasteiger partial charge in [0.05, 0.1) is 170 Å². The maximum atomic E-state index is 14.3. The Kier molecular flexibility index (Phi) is 84.6. The van der Waals surface area contributed by atoms with Crippen molar-refractivity contribution in [3.8, 4) is 0 Å². The third kappa shape index (κ3) is 71.1. The standard InChI is InChI=1S/C96H181N5O33/c1-4-6-8-10-12-14-16-18-20-22-24-26-28-30-32-36-46-96(47-37-33-31-29-27-25-23-21-19-17-15-13-11-9-7-5-2)133-74-78(134-96)73-101(3)51-38-34-35-39-85(111)100-95(75-127-55-43-82(108)97-48-58-121-61-64-124-67-70-130-92(118)89(115)86(112)79(105)40-52-102,76-128-56-44-83(109)98-49-59-122-62-65-125-68-71-131-93(119)90(116)87(113)80(106)41-53-103)77-129-57-45-84(110)99-50-60-123-63-66-126-69-72-132-94(120)91(117)88(114)81(107)42-54-104/h12-15,18-21,78-81,86-94,102-107,112-120H,4-11,16-17,22-77H2,1-3H3,(H,97,108)(H,98,109)(H,99,110)(H,100,111)/b14-12-,15-13-,20-18-,21-19-/t78-,79+,80+,81+,86?,87?,88?,89+,90+,91+,92-,93-,94-,95?/m0/s1. The van der Waals surface area contributed by atoms with Crippen molar-refractivity contribution in [2.24, 2.45) is 0 Å². The fraction of sp³-hybridized carbons (Fsp3) is 0.875. The summed E-state index contributed by atoms with van der Waals surface area (Å²) in [6, 6.07) is 0. The van der Waals surface area contributed by atoms with Gasteiger partial charge >= 0.3 is 0 Å². The van der Waals surface area contributed by atoms with Crippen molar-refractivity contribution in [2.75, 3.05) is 205 Å². The number of aliphatic hydroxyl groups is 15. The average Bonchev–Trinajstić information content (AvgIpc) is 1.73. The molecule has 0 aromatic carbocycles. The van der Waals surface area contributed by atoms with Gasteiger partial charge in [-0.2, -0.15) is 0 Å². The van der Waals surface area contributed by atoms with Crippen molar-refractivity contribution in [3.63, 3.8) is 0 Å². The number of hydrogen-bond donors (Lipinski definition) is 19. The Morgan fingerprint density at radius 3 is 1.02 bits per heavy atom. The summed E-state index contributed by atoms with van der Waals surface area (Å²) in [7, 11) is 2.08. The molecule has 1 aliphatic heterocycles. The van der Waals surface area contributed by atoms with Crippen LogP contribution < -0.4 is 21.3 Å². The maximum absolute atomic E-state index is 14.3. The van der Waals surface area contributed by atoms with E-state index in [4.69, 9.17) is 81.6 Å². The van der Waals surface area contributed by atoms with Crippen LogP contribution in [0, 0.1) is 0 Å². The summed E-state index contributed by atoms with van der Waals surface area (Å²) in [5.41, 5.74) is -1.43. The number of allylic oxidation sites excluding steroid dienone is 8. The highest BCUT2D eigenvalue weighted by molar-refractivity contribution is 5.77. The highest BCUT2D eigenvalue weighted by Gasteiger charge is 2.42. The monoisotopic (exact) mass is 1930 g/mol. The predicted octanol–water partition coefficient (Wildman–Crippen LogP) is 3.92. The summed E-state index contributed by atoms with van der Waals surface area (Å²) >= 11 is 0. The van der Waals surface area contributed by atoms with Crippen molar-refractivity contribution in [3.05, 3.63) is 48.6 Å². The molecule has 3 unspecified atom stereocenters. The lowest BCUT2D eigenvalue weighted by molar-refractivity contribution is -0.207. The summed E-state index contributed by atoms with van der Waals surface area (Å²) < 4.78 is 80.4. The summed E-state index contributed by atoms with van der Waals surface area (Å²) in [6.07, 6.45) is 28.9. The van der Waals surface area contributed by atoms with Crippen molar-refractivity contribution in [1.29, 1.82) is 0 Å². The first kappa shape index (κ1) is 128. The highest BCUT2D eigenvalue weighted by Crippen LogP contribution is 2.35. The number of amides is 4. The van der Waals surface area contributed by atoms with Gasteiger partial charge < -0.3 is 169 Å². The summed E-state index contributed by atoms with van der Waals surface area (Å²) in [5, 5.41) is 158. The van der Waals surface area contributed by atoms with E-state index in [1.165, 1.54) is 103 Å². The van der Waals surface area contributed by atoms with Crippen LogP contribution in [0.1, 0.15) is 245 Å². The topological polar surface area (TPSA) is 552 Å². The second kappa shape index (κ2) is 88.8. The zero-order valence-electron chi connectivity index (χ0n) is 81.3. The van der Waals surface area contributed by atoms with Crippen LogP contribution in [0.4, 0.5) is 0 Å². The third-order valence-corrected chi connectivity index (χ3v) is 22.1. The quantitative estimate of drug-likeness (QED) is 0.0233. The molecule has 0 saturated carbocycles. The van der Waals surface area contributed by atoms with Crippen LogP contribution in [-0.4, -0.2) is 401 Å². The minimum Gasteiger partial charge on any atom is -0.396 e. The van der Waals surface area contributed by atoms with Gasteiger partial charge in [-0.15, -0.1) is 0 Å². The van der Waals surface area contributed by atoms with Crippen LogP contribution in [0.5, 0.6) is 0 Å². The van der Waals surface area contributed by atoms with Gasteiger partial charge in [0, 0.05) is 84.5 Å². The van der Waals surface area contributed by atoms with E-state index in [9.17, 15) is 80.5 Å². The van der Waals surface area contributed by atoms with E-state index in [-0.39, 0.29) is 233 Å². The first-order valence-electron chi connectivity index (χ1n) is 49.7. The van der Waals surface area contributed by atoms with Gasteiger partial charge in [-0.25, -0.2) is 0 Å². The Morgan fingerprint density at radius 1 is 0.366 bits per heavy atom. The number of ether oxygens (including phenoxy) is 14. The van der Waals surface area contributed by atoms with Crippen LogP contribution in [0.3, 0.4) is 0 Å². The zero-order chi connectivity index (χ0) is 98.4. The number of carbonyl (C=O) groups is 4. The molecular weight excluding hydrogens is 1750 g/mol. The summed E-state index contributed by atoms with van der Waals surface area (Å²) in [6.45, 7) is 4.92. The number of carbonyl (C=O) groups excluding carboxylic acids is 4. The maximum Gasteiger partial charge on any atom is 0.222 e. The molecule has 19 N–H and O–H groups in total. The SMILES string of the molecule is CCCCC/C=C\C/C=C\CCCCCCCCC1(CCCCCCCC/C=C\C/C=C\CCCCC)OC[C@H](CN(C)CCCCCC(=O)NC(COCCC(=O)NCCOCCOCCO[C@H](O)[C@H](O)C(O)[C@H](O)CCO)(COCCC(=O)NCCOCCOCCO[C@H](O)[C@H](O)C(O)[C@H](O)CCO)COCCC(=O)NCCOCCOCCO[C@H](O)[C@H](O)C(O)[C@H](O)CCO)O1. The molecule has 4 amide bonds. The lowest BCUT2D eigenvalue weighted by atomic mass is 9.98. The molecule has 1 saturated heterocycles. The van der Waals surface area contributed by atoms with Crippen molar-refractivity contribution in [2.45, 2.75) is 336 Å².